The molecule has 3 aromatic carbocycles. The minimum atomic E-state index is -0.260. The van der Waals surface area contributed by atoms with Crippen LogP contribution in [0.2, 0.25) is 5.02 Å². The summed E-state index contributed by atoms with van der Waals surface area (Å²) in [6, 6.07) is 20.1. The van der Waals surface area contributed by atoms with E-state index in [-0.39, 0.29) is 17.7 Å². The SMILES string of the molecule is O=C(Nc1ccc(-c2nc3ccc(NC(=O)C4CCCC4)cc3[nH]2)cc1)c1ccccc1Cl. The van der Waals surface area contributed by atoms with Crippen molar-refractivity contribution in [3.05, 3.63) is 77.3 Å². The molecule has 33 heavy (non-hydrogen) atoms. The Morgan fingerprint density at radius 3 is 2.39 bits per heavy atom. The Bertz CT molecular complexity index is 1320. The number of rotatable bonds is 5. The number of amides is 2. The van der Waals surface area contributed by atoms with Crippen molar-refractivity contribution in [2.24, 2.45) is 5.92 Å². The first kappa shape index (κ1) is 21.2. The standard InChI is InChI=1S/C26H23ClN4O2/c27-21-8-4-3-7-20(21)26(33)28-18-11-9-16(10-12-18)24-30-22-14-13-19(15-23(22)31-24)29-25(32)17-5-1-2-6-17/h3-4,7-15,17H,1-2,5-6H2,(H,28,33)(H,29,32)(H,30,31). The summed E-state index contributed by atoms with van der Waals surface area (Å²) in [7, 11) is 0. The van der Waals surface area contributed by atoms with Crippen molar-refractivity contribution in [3.8, 4) is 11.4 Å². The third-order valence-corrected chi connectivity index (χ3v) is 6.34. The van der Waals surface area contributed by atoms with E-state index >= 15 is 0 Å². The zero-order chi connectivity index (χ0) is 22.8. The summed E-state index contributed by atoms with van der Waals surface area (Å²) in [6.45, 7) is 0. The Morgan fingerprint density at radius 1 is 0.909 bits per heavy atom. The maximum Gasteiger partial charge on any atom is 0.257 e. The molecule has 1 aromatic heterocycles. The molecule has 6 nitrogen and oxygen atoms in total. The van der Waals surface area contributed by atoms with Crippen LogP contribution in [-0.2, 0) is 4.79 Å². The maximum absolute atomic E-state index is 12.5. The van der Waals surface area contributed by atoms with Gasteiger partial charge in [-0.1, -0.05) is 36.6 Å². The number of aromatic nitrogens is 2. The van der Waals surface area contributed by atoms with Crippen LogP contribution in [-0.4, -0.2) is 21.8 Å². The van der Waals surface area contributed by atoms with Gasteiger partial charge in [0.05, 0.1) is 21.6 Å². The van der Waals surface area contributed by atoms with Crippen LogP contribution in [0, 0.1) is 5.92 Å². The number of hydrogen-bond donors (Lipinski definition) is 3. The summed E-state index contributed by atoms with van der Waals surface area (Å²) in [5.74, 6) is 0.675. The Kier molecular flexibility index (Phi) is 5.84. The minimum absolute atomic E-state index is 0.0982. The molecule has 0 atom stereocenters. The van der Waals surface area contributed by atoms with Gasteiger partial charge >= 0.3 is 0 Å². The maximum atomic E-state index is 12.5. The largest absolute Gasteiger partial charge is 0.338 e. The zero-order valence-corrected chi connectivity index (χ0v) is 18.7. The molecule has 1 fully saturated rings. The molecule has 5 rings (SSSR count). The fourth-order valence-electron chi connectivity index (χ4n) is 4.21. The molecule has 2 amide bonds. The van der Waals surface area contributed by atoms with Gasteiger partial charge in [0.25, 0.3) is 5.91 Å². The van der Waals surface area contributed by atoms with Crippen LogP contribution in [0.25, 0.3) is 22.4 Å². The highest BCUT2D eigenvalue weighted by Crippen LogP contribution is 2.28. The predicted molar refractivity (Wildman–Crippen MR) is 132 cm³/mol. The molecule has 0 aliphatic heterocycles. The zero-order valence-electron chi connectivity index (χ0n) is 17.9. The molecule has 1 heterocycles. The van der Waals surface area contributed by atoms with Gasteiger partial charge in [-0.25, -0.2) is 4.98 Å². The van der Waals surface area contributed by atoms with Crippen molar-refractivity contribution in [1.82, 2.24) is 9.97 Å². The molecule has 0 spiro atoms. The number of anilines is 2. The second-order valence-corrected chi connectivity index (χ2v) is 8.71. The first-order valence-corrected chi connectivity index (χ1v) is 11.4. The molecule has 1 saturated carbocycles. The second kappa shape index (κ2) is 9.08. The van der Waals surface area contributed by atoms with Gasteiger partial charge in [0.1, 0.15) is 5.82 Å². The summed E-state index contributed by atoms with van der Waals surface area (Å²) >= 11 is 6.10. The Labute approximate surface area is 196 Å². The summed E-state index contributed by atoms with van der Waals surface area (Å²) in [6.07, 6.45) is 4.20. The number of aromatic amines is 1. The van der Waals surface area contributed by atoms with Crippen LogP contribution in [0.4, 0.5) is 11.4 Å². The van der Waals surface area contributed by atoms with Gasteiger partial charge in [0.15, 0.2) is 0 Å². The number of carbonyl (C=O) groups excluding carboxylic acids is 2. The van der Waals surface area contributed by atoms with Crippen molar-refractivity contribution in [1.29, 1.82) is 0 Å². The average molecular weight is 459 g/mol. The molecule has 3 N–H and O–H groups in total. The molecule has 1 aliphatic carbocycles. The molecule has 0 bridgehead atoms. The van der Waals surface area contributed by atoms with Crippen LogP contribution in [0.3, 0.4) is 0 Å². The van der Waals surface area contributed by atoms with Crippen molar-refractivity contribution in [3.63, 3.8) is 0 Å². The summed E-state index contributed by atoms with van der Waals surface area (Å²) in [5, 5.41) is 6.30. The topological polar surface area (TPSA) is 86.9 Å². The molecule has 0 radical (unpaired) electrons. The summed E-state index contributed by atoms with van der Waals surface area (Å²) in [5.41, 5.74) is 4.42. The number of carbonyl (C=O) groups is 2. The second-order valence-electron chi connectivity index (χ2n) is 8.30. The number of hydrogen-bond acceptors (Lipinski definition) is 3. The lowest BCUT2D eigenvalue weighted by molar-refractivity contribution is -0.119. The van der Waals surface area contributed by atoms with Gasteiger partial charge in [-0.05, 0) is 67.4 Å². The normalized spacial score (nSPS) is 13.8. The van der Waals surface area contributed by atoms with E-state index in [1.807, 2.05) is 42.5 Å². The van der Waals surface area contributed by atoms with Crippen LogP contribution >= 0.6 is 11.6 Å². The first-order valence-electron chi connectivity index (χ1n) is 11.0. The van der Waals surface area contributed by atoms with Crippen LogP contribution < -0.4 is 10.6 Å². The lowest BCUT2D eigenvalue weighted by atomic mass is 10.1. The average Bonchev–Trinajstić information content (AvgIpc) is 3.50. The Morgan fingerprint density at radius 2 is 1.64 bits per heavy atom. The molecular weight excluding hydrogens is 436 g/mol. The van der Waals surface area contributed by atoms with Crippen LogP contribution in [0.15, 0.2) is 66.7 Å². The van der Waals surface area contributed by atoms with Gasteiger partial charge < -0.3 is 15.6 Å². The van der Waals surface area contributed by atoms with Crippen molar-refractivity contribution in [2.45, 2.75) is 25.7 Å². The quantitative estimate of drug-likeness (QED) is 0.329. The number of halogens is 1. The number of H-pyrrole nitrogens is 1. The van der Waals surface area contributed by atoms with Crippen molar-refractivity contribution >= 4 is 45.8 Å². The predicted octanol–water partition coefficient (Wildman–Crippen LogP) is 6.26. The van der Waals surface area contributed by atoms with Crippen molar-refractivity contribution in [2.75, 3.05) is 10.6 Å². The van der Waals surface area contributed by atoms with E-state index < -0.39 is 0 Å². The highest BCUT2D eigenvalue weighted by Gasteiger charge is 2.22. The molecule has 1 aliphatic rings. The third kappa shape index (κ3) is 4.61. The molecule has 7 heteroatoms. The summed E-state index contributed by atoms with van der Waals surface area (Å²) in [4.78, 5) is 32.9. The summed E-state index contributed by atoms with van der Waals surface area (Å²) < 4.78 is 0. The fourth-order valence-corrected chi connectivity index (χ4v) is 4.43. The molecule has 4 aromatic rings. The first-order chi connectivity index (χ1) is 16.1. The lowest BCUT2D eigenvalue weighted by Crippen LogP contribution is -2.20. The monoisotopic (exact) mass is 458 g/mol. The number of fused-ring (bicyclic) bond motifs is 1. The number of nitrogens with one attached hydrogen (secondary N) is 3. The van der Waals surface area contributed by atoms with E-state index in [1.165, 1.54) is 0 Å². The van der Waals surface area contributed by atoms with E-state index in [2.05, 4.69) is 20.6 Å². The highest BCUT2D eigenvalue weighted by atomic mass is 35.5. The highest BCUT2D eigenvalue weighted by molar-refractivity contribution is 6.34. The van der Waals surface area contributed by atoms with Crippen molar-refractivity contribution < 1.29 is 9.59 Å². The van der Waals surface area contributed by atoms with Gasteiger partial charge in [-0.3, -0.25) is 9.59 Å². The third-order valence-electron chi connectivity index (χ3n) is 6.01. The molecular formula is C26H23ClN4O2. The number of nitrogens with zero attached hydrogens (tertiary/aromatic N) is 1. The van der Waals surface area contributed by atoms with E-state index in [0.29, 0.717) is 22.1 Å². The van der Waals surface area contributed by atoms with Gasteiger partial charge in [0.2, 0.25) is 5.91 Å². The molecule has 0 saturated heterocycles. The molecule has 166 valence electrons. The Hall–Kier alpha value is -3.64. The van der Waals surface area contributed by atoms with E-state index in [0.717, 1.165) is 48.0 Å². The minimum Gasteiger partial charge on any atom is -0.338 e. The fraction of sp³-hybridized carbons (Fsp3) is 0.192. The van der Waals surface area contributed by atoms with Crippen LogP contribution in [0.1, 0.15) is 36.0 Å². The van der Waals surface area contributed by atoms with Gasteiger partial charge in [-0.2, -0.15) is 0 Å². The Balaban J connectivity index is 1.30. The van der Waals surface area contributed by atoms with Gasteiger partial charge in [0, 0.05) is 22.9 Å². The van der Waals surface area contributed by atoms with Crippen LogP contribution in [0.5, 0.6) is 0 Å². The number of benzene rings is 3. The van der Waals surface area contributed by atoms with Gasteiger partial charge in [-0.15, -0.1) is 0 Å². The van der Waals surface area contributed by atoms with E-state index in [4.69, 9.17) is 11.6 Å². The smallest absolute Gasteiger partial charge is 0.257 e. The number of imidazole rings is 1. The van der Waals surface area contributed by atoms with E-state index in [1.54, 1.807) is 24.3 Å². The van der Waals surface area contributed by atoms with E-state index in [9.17, 15) is 9.59 Å². The lowest BCUT2D eigenvalue weighted by Gasteiger charge is -2.10. The molecule has 0 unspecified atom stereocenters.